The van der Waals surface area contributed by atoms with Gasteiger partial charge in [0.2, 0.25) is 0 Å². The molecule has 194 valence electrons. The van der Waals surface area contributed by atoms with Gasteiger partial charge < -0.3 is 14.2 Å². The van der Waals surface area contributed by atoms with Crippen LogP contribution in [0.3, 0.4) is 0 Å². The van der Waals surface area contributed by atoms with Gasteiger partial charge in [-0.15, -0.1) is 0 Å². The Hall–Kier alpha value is -4.95. The summed E-state index contributed by atoms with van der Waals surface area (Å²) in [6, 6.07) is 29.4. The molecule has 1 aliphatic heterocycles. The van der Waals surface area contributed by atoms with Gasteiger partial charge in [0.1, 0.15) is 17.1 Å². The molecule has 4 aromatic rings. The highest BCUT2D eigenvalue weighted by Crippen LogP contribution is 2.33. The third-order valence-electron chi connectivity index (χ3n) is 6.09. The second kappa shape index (κ2) is 11.2. The molecule has 0 unspecified atom stereocenters. The summed E-state index contributed by atoms with van der Waals surface area (Å²) in [5.74, 6) is 1.46. The number of anilines is 1. The Balaban J connectivity index is 1.41. The topological polar surface area (TPSA) is 77.1 Å². The fourth-order valence-corrected chi connectivity index (χ4v) is 4.45. The van der Waals surface area contributed by atoms with E-state index in [0.717, 1.165) is 11.1 Å². The van der Waals surface area contributed by atoms with Gasteiger partial charge in [-0.25, -0.2) is 0 Å². The van der Waals surface area contributed by atoms with Gasteiger partial charge in [0.05, 0.1) is 19.9 Å². The van der Waals surface area contributed by atoms with Crippen LogP contribution in [0.1, 0.15) is 5.56 Å². The number of amides is 2. The van der Waals surface area contributed by atoms with E-state index in [9.17, 15) is 9.59 Å². The van der Waals surface area contributed by atoms with Crippen LogP contribution in [-0.2, 0) is 9.59 Å². The summed E-state index contributed by atoms with van der Waals surface area (Å²) in [7, 11) is 3.16. The van der Waals surface area contributed by atoms with Crippen molar-refractivity contribution in [1.29, 1.82) is 0 Å². The van der Waals surface area contributed by atoms with Gasteiger partial charge >= 0.3 is 0 Å². The Morgan fingerprint density at radius 3 is 2.15 bits per heavy atom. The van der Waals surface area contributed by atoms with Gasteiger partial charge in [-0.3, -0.25) is 19.8 Å². The fourth-order valence-electron chi connectivity index (χ4n) is 4.17. The molecule has 0 atom stereocenters. The predicted octanol–water partition coefficient (Wildman–Crippen LogP) is 5.99. The maximum atomic E-state index is 13.5. The van der Waals surface area contributed by atoms with Crippen molar-refractivity contribution in [2.75, 3.05) is 19.1 Å². The van der Waals surface area contributed by atoms with Crippen LogP contribution in [0.4, 0.5) is 5.69 Å². The highest BCUT2D eigenvalue weighted by atomic mass is 32.1. The molecule has 1 heterocycles. The second-order valence-corrected chi connectivity index (χ2v) is 8.95. The van der Waals surface area contributed by atoms with Gasteiger partial charge in [-0.05, 0) is 89.6 Å². The zero-order valence-electron chi connectivity index (χ0n) is 21.2. The van der Waals surface area contributed by atoms with Crippen molar-refractivity contribution < 1.29 is 23.8 Å². The van der Waals surface area contributed by atoms with Crippen LogP contribution >= 0.6 is 12.2 Å². The van der Waals surface area contributed by atoms with Crippen LogP contribution in [0, 0.1) is 0 Å². The number of nitrogens with one attached hydrogen (secondary N) is 1. The Kier molecular flexibility index (Phi) is 7.38. The lowest BCUT2D eigenvalue weighted by molar-refractivity contribution is -0.122. The highest BCUT2D eigenvalue weighted by molar-refractivity contribution is 7.80. The number of rotatable bonds is 7. The normalized spacial score (nSPS) is 14.3. The van der Waals surface area contributed by atoms with E-state index in [1.807, 2.05) is 72.8 Å². The molecule has 0 spiro atoms. The molecule has 1 aliphatic rings. The zero-order chi connectivity index (χ0) is 27.4. The van der Waals surface area contributed by atoms with Crippen LogP contribution in [0.5, 0.6) is 23.0 Å². The summed E-state index contributed by atoms with van der Waals surface area (Å²) in [5.41, 5.74) is 2.94. The van der Waals surface area contributed by atoms with E-state index >= 15 is 0 Å². The Bertz CT molecular complexity index is 1580. The number of methoxy groups -OCH3 is 2. The number of hydrogen-bond acceptors (Lipinski definition) is 6. The molecular formula is C31H24N2O5S. The summed E-state index contributed by atoms with van der Waals surface area (Å²) in [4.78, 5) is 27.6. The van der Waals surface area contributed by atoms with Gasteiger partial charge in [0, 0.05) is 0 Å². The number of carbonyl (C=O) groups is 2. The van der Waals surface area contributed by atoms with Crippen molar-refractivity contribution in [3.05, 3.63) is 108 Å². The lowest BCUT2D eigenvalue weighted by Gasteiger charge is -2.29. The van der Waals surface area contributed by atoms with Gasteiger partial charge in [-0.2, -0.15) is 0 Å². The fraction of sp³-hybridized carbons (Fsp3) is 0.0645. The highest BCUT2D eigenvalue weighted by Gasteiger charge is 2.34. The van der Waals surface area contributed by atoms with Crippen molar-refractivity contribution in [3.8, 4) is 34.1 Å². The maximum Gasteiger partial charge on any atom is 0.270 e. The van der Waals surface area contributed by atoms with Crippen molar-refractivity contribution in [1.82, 2.24) is 5.32 Å². The Morgan fingerprint density at radius 1 is 0.744 bits per heavy atom. The van der Waals surface area contributed by atoms with Crippen molar-refractivity contribution in [2.24, 2.45) is 0 Å². The molecule has 1 N–H and O–H groups in total. The SMILES string of the molecule is COc1ccc(-c2cccc(/C=C3\C(=O)NC(=S)N(c4ccc(Oc5ccccc5)cc4)C3=O)c2)cc1OC. The average molecular weight is 537 g/mol. The number of benzene rings is 4. The van der Waals surface area contributed by atoms with Gasteiger partial charge in [0.25, 0.3) is 11.8 Å². The molecule has 1 fully saturated rings. The minimum atomic E-state index is -0.554. The van der Waals surface area contributed by atoms with Crippen molar-refractivity contribution in [2.45, 2.75) is 0 Å². The van der Waals surface area contributed by atoms with Crippen LogP contribution in [0.2, 0.25) is 0 Å². The minimum Gasteiger partial charge on any atom is -0.493 e. The smallest absolute Gasteiger partial charge is 0.270 e. The van der Waals surface area contributed by atoms with E-state index in [4.69, 9.17) is 26.4 Å². The molecular weight excluding hydrogens is 512 g/mol. The minimum absolute atomic E-state index is 0.0120. The Morgan fingerprint density at radius 2 is 1.44 bits per heavy atom. The lowest BCUT2D eigenvalue weighted by atomic mass is 10.0. The molecule has 0 aromatic heterocycles. The second-order valence-electron chi connectivity index (χ2n) is 8.56. The van der Waals surface area contributed by atoms with E-state index in [1.165, 1.54) is 4.90 Å². The summed E-state index contributed by atoms with van der Waals surface area (Å²) < 4.78 is 16.6. The first-order chi connectivity index (χ1) is 19.0. The van der Waals surface area contributed by atoms with Gasteiger partial charge in [-0.1, -0.05) is 42.5 Å². The molecule has 8 heteroatoms. The molecule has 0 bridgehead atoms. The molecule has 7 nitrogen and oxygen atoms in total. The first-order valence-corrected chi connectivity index (χ1v) is 12.4. The standard InChI is InChI=1S/C31H24N2O5S/c1-36-27-16-11-22(19-28(27)37-2)21-8-6-7-20(17-21)18-26-29(34)32-31(39)33(30(26)35)23-12-14-25(15-13-23)38-24-9-4-3-5-10-24/h3-19H,1-2H3,(H,32,34,39)/b26-18+. The van der Waals surface area contributed by atoms with E-state index in [1.54, 1.807) is 44.6 Å². The average Bonchev–Trinajstić information content (AvgIpc) is 2.96. The van der Waals surface area contributed by atoms with E-state index < -0.39 is 11.8 Å². The number of thiocarbonyl (C=S) groups is 1. The summed E-state index contributed by atoms with van der Waals surface area (Å²) in [5, 5.41) is 2.64. The van der Waals surface area contributed by atoms with Crippen LogP contribution < -0.4 is 24.4 Å². The van der Waals surface area contributed by atoms with Gasteiger partial charge in [0.15, 0.2) is 16.6 Å². The molecule has 0 radical (unpaired) electrons. The van der Waals surface area contributed by atoms with Crippen LogP contribution in [0.25, 0.3) is 17.2 Å². The van der Waals surface area contributed by atoms with E-state index in [2.05, 4.69) is 5.32 Å². The molecule has 0 aliphatic carbocycles. The zero-order valence-corrected chi connectivity index (χ0v) is 22.0. The summed E-state index contributed by atoms with van der Waals surface area (Å²) in [6.45, 7) is 0. The Labute approximate surface area is 231 Å². The van der Waals surface area contributed by atoms with E-state index in [0.29, 0.717) is 34.2 Å². The number of ether oxygens (including phenoxy) is 3. The number of hydrogen-bond donors (Lipinski definition) is 1. The summed E-state index contributed by atoms with van der Waals surface area (Å²) in [6.07, 6.45) is 1.56. The third kappa shape index (κ3) is 5.51. The first-order valence-electron chi connectivity index (χ1n) is 12.0. The van der Waals surface area contributed by atoms with Crippen molar-refractivity contribution in [3.63, 3.8) is 0 Å². The summed E-state index contributed by atoms with van der Waals surface area (Å²) >= 11 is 5.34. The number of nitrogens with zero attached hydrogens (tertiary/aromatic N) is 1. The molecule has 0 saturated carbocycles. The maximum absolute atomic E-state index is 13.5. The lowest BCUT2D eigenvalue weighted by Crippen LogP contribution is -2.54. The quantitative estimate of drug-likeness (QED) is 0.178. The largest absolute Gasteiger partial charge is 0.493 e. The molecule has 1 saturated heterocycles. The monoisotopic (exact) mass is 536 g/mol. The predicted molar refractivity (Wildman–Crippen MR) is 154 cm³/mol. The molecule has 2 amide bonds. The van der Waals surface area contributed by atoms with Crippen LogP contribution in [-0.4, -0.2) is 31.1 Å². The molecule has 39 heavy (non-hydrogen) atoms. The molecule has 5 rings (SSSR count). The molecule has 4 aromatic carbocycles. The van der Waals surface area contributed by atoms with Crippen LogP contribution in [0.15, 0.2) is 103 Å². The first kappa shape index (κ1) is 25.7. The van der Waals surface area contributed by atoms with Crippen molar-refractivity contribution >= 4 is 40.9 Å². The van der Waals surface area contributed by atoms with E-state index in [-0.39, 0.29) is 10.7 Å². The number of carbonyl (C=O) groups excluding carboxylic acids is 2. The number of para-hydroxylation sites is 1. The third-order valence-corrected chi connectivity index (χ3v) is 6.37.